The van der Waals surface area contributed by atoms with Gasteiger partial charge in [0.1, 0.15) is 5.76 Å². The second kappa shape index (κ2) is 15.7. The summed E-state index contributed by atoms with van der Waals surface area (Å²) >= 11 is 0. The summed E-state index contributed by atoms with van der Waals surface area (Å²) in [6.07, 6.45) is 8.27. The van der Waals surface area contributed by atoms with Gasteiger partial charge >= 0.3 is 17.6 Å². The van der Waals surface area contributed by atoms with E-state index in [1.807, 2.05) is 39.0 Å². The van der Waals surface area contributed by atoms with Crippen molar-refractivity contribution in [3.05, 3.63) is 104 Å². The number of hydrogen-bond acceptors (Lipinski definition) is 11. The number of benzene rings is 2. The lowest BCUT2D eigenvalue weighted by molar-refractivity contribution is -0.139. The molecule has 0 atom stereocenters. The molecule has 0 radical (unpaired) electrons. The maximum atomic E-state index is 13.3. The van der Waals surface area contributed by atoms with E-state index in [4.69, 9.17) is 32.8 Å². The first-order chi connectivity index (χ1) is 24.1. The topological polar surface area (TPSA) is 132 Å². The largest absolute Gasteiger partial charge is 0.493 e. The van der Waals surface area contributed by atoms with Crippen LogP contribution in [0.4, 0.5) is 0 Å². The molecule has 11 heteroatoms. The lowest BCUT2D eigenvalue weighted by Crippen LogP contribution is -2.15. The number of hydrogen-bond donors (Lipinski definition) is 1. The first-order valence-corrected chi connectivity index (χ1v) is 16.3. The SMILES string of the molecule is CCCC(=O)OC1=CCc2oc(=O)cc(/C(=C3\NC=Cc4cc(OC)c(OC)cc43)c3ccc(OC(=O)CC(C)C)c(OC)c3)c2C=C1OC. The number of nitrogens with one attached hydrogen (secondary N) is 1. The Bertz CT molecular complexity index is 1980. The number of allylic oxidation sites excluding steroid dienone is 1. The molecule has 3 aromatic rings. The Hall–Kier alpha value is -5.71. The van der Waals surface area contributed by atoms with Gasteiger partial charge in [0, 0.05) is 53.8 Å². The van der Waals surface area contributed by atoms with Gasteiger partial charge in [0.15, 0.2) is 34.5 Å². The lowest BCUT2D eigenvalue weighted by atomic mass is 9.87. The van der Waals surface area contributed by atoms with Crippen LogP contribution in [0.3, 0.4) is 0 Å². The van der Waals surface area contributed by atoms with Crippen LogP contribution in [-0.2, 0) is 25.5 Å². The number of esters is 2. The third-order valence-corrected chi connectivity index (χ3v) is 8.05. The molecular weight excluding hydrogens is 642 g/mol. The van der Waals surface area contributed by atoms with Crippen molar-refractivity contribution >= 4 is 35.4 Å². The summed E-state index contributed by atoms with van der Waals surface area (Å²) in [5.74, 6) is 1.78. The molecule has 1 aromatic heterocycles. The highest BCUT2D eigenvalue weighted by Gasteiger charge is 2.27. The Morgan fingerprint density at radius 2 is 1.58 bits per heavy atom. The van der Waals surface area contributed by atoms with E-state index >= 15 is 0 Å². The van der Waals surface area contributed by atoms with E-state index < -0.39 is 11.6 Å². The average Bonchev–Trinajstić information content (AvgIpc) is 3.26. The van der Waals surface area contributed by atoms with Crippen molar-refractivity contribution in [1.82, 2.24) is 5.32 Å². The van der Waals surface area contributed by atoms with Crippen LogP contribution in [0.1, 0.15) is 73.6 Å². The zero-order valence-electron chi connectivity index (χ0n) is 29.3. The molecule has 1 aliphatic heterocycles. The van der Waals surface area contributed by atoms with Gasteiger partial charge in [-0.15, -0.1) is 0 Å². The molecule has 50 heavy (non-hydrogen) atoms. The van der Waals surface area contributed by atoms with Crippen LogP contribution >= 0.6 is 0 Å². The minimum atomic E-state index is -0.589. The van der Waals surface area contributed by atoms with Crippen LogP contribution in [0, 0.1) is 5.92 Å². The fraction of sp³-hybridized carbons (Fsp3) is 0.308. The monoisotopic (exact) mass is 683 g/mol. The van der Waals surface area contributed by atoms with Crippen molar-refractivity contribution in [2.24, 2.45) is 5.92 Å². The van der Waals surface area contributed by atoms with Crippen molar-refractivity contribution in [3.63, 3.8) is 0 Å². The van der Waals surface area contributed by atoms with E-state index in [0.29, 0.717) is 57.4 Å². The van der Waals surface area contributed by atoms with Crippen molar-refractivity contribution in [2.45, 2.75) is 46.5 Å². The van der Waals surface area contributed by atoms with Gasteiger partial charge in [-0.3, -0.25) is 9.59 Å². The van der Waals surface area contributed by atoms with E-state index in [2.05, 4.69) is 5.32 Å². The van der Waals surface area contributed by atoms with Crippen molar-refractivity contribution < 1.29 is 42.4 Å². The van der Waals surface area contributed by atoms with Crippen LogP contribution in [0.15, 0.2) is 69.4 Å². The molecule has 262 valence electrons. The highest BCUT2D eigenvalue weighted by Crippen LogP contribution is 2.43. The Labute approximate surface area is 290 Å². The maximum Gasteiger partial charge on any atom is 0.336 e. The Balaban J connectivity index is 1.80. The van der Waals surface area contributed by atoms with Gasteiger partial charge in [0.2, 0.25) is 0 Å². The first-order valence-electron chi connectivity index (χ1n) is 16.3. The predicted molar refractivity (Wildman–Crippen MR) is 188 cm³/mol. The zero-order valence-corrected chi connectivity index (χ0v) is 29.3. The number of rotatable bonds is 12. The first kappa shape index (κ1) is 35.6. The minimum Gasteiger partial charge on any atom is -0.493 e. The van der Waals surface area contributed by atoms with E-state index in [-0.39, 0.29) is 48.4 Å². The number of carbonyl (C=O) groups excluding carboxylic acids is 2. The van der Waals surface area contributed by atoms with Gasteiger partial charge in [-0.05, 0) is 66.0 Å². The summed E-state index contributed by atoms with van der Waals surface area (Å²) in [4.78, 5) is 38.4. The molecule has 5 rings (SSSR count). The van der Waals surface area contributed by atoms with Gasteiger partial charge in [-0.25, -0.2) is 4.79 Å². The quantitative estimate of drug-likeness (QED) is 0.158. The fourth-order valence-electron chi connectivity index (χ4n) is 5.77. The molecule has 0 unspecified atom stereocenters. The van der Waals surface area contributed by atoms with Crippen molar-refractivity contribution in [2.75, 3.05) is 28.4 Å². The summed E-state index contributed by atoms with van der Waals surface area (Å²) in [5.41, 5.74) is 3.85. The van der Waals surface area contributed by atoms with Crippen LogP contribution in [0.2, 0.25) is 0 Å². The summed E-state index contributed by atoms with van der Waals surface area (Å²) in [6, 6.07) is 10.3. The molecule has 0 fully saturated rings. The molecule has 0 bridgehead atoms. The Morgan fingerprint density at radius 1 is 0.860 bits per heavy atom. The van der Waals surface area contributed by atoms with Crippen LogP contribution in [-0.4, -0.2) is 40.4 Å². The number of methoxy groups -OCH3 is 4. The third-order valence-electron chi connectivity index (χ3n) is 8.05. The molecule has 2 aromatic carbocycles. The van der Waals surface area contributed by atoms with Gasteiger partial charge in [-0.1, -0.05) is 26.8 Å². The van der Waals surface area contributed by atoms with Crippen LogP contribution in [0.5, 0.6) is 23.0 Å². The van der Waals surface area contributed by atoms with Gasteiger partial charge in [0.05, 0.1) is 34.1 Å². The smallest absolute Gasteiger partial charge is 0.336 e. The van der Waals surface area contributed by atoms with Gasteiger partial charge in [-0.2, -0.15) is 0 Å². The Morgan fingerprint density at radius 3 is 2.26 bits per heavy atom. The van der Waals surface area contributed by atoms with Crippen molar-refractivity contribution in [1.29, 1.82) is 0 Å². The van der Waals surface area contributed by atoms with E-state index in [0.717, 1.165) is 11.1 Å². The minimum absolute atomic E-state index is 0.112. The second-order valence-electron chi connectivity index (χ2n) is 12.0. The van der Waals surface area contributed by atoms with Gasteiger partial charge in [0.25, 0.3) is 0 Å². The van der Waals surface area contributed by atoms with Gasteiger partial charge < -0.3 is 38.2 Å². The zero-order chi connectivity index (χ0) is 35.9. The molecule has 0 spiro atoms. The highest BCUT2D eigenvalue weighted by molar-refractivity contribution is 6.03. The van der Waals surface area contributed by atoms with Crippen LogP contribution < -0.4 is 29.9 Å². The predicted octanol–water partition coefficient (Wildman–Crippen LogP) is 6.88. The fourth-order valence-corrected chi connectivity index (χ4v) is 5.77. The third kappa shape index (κ3) is 7.62. The maximum absolute atomic E-state index is 13.3. The molecule has 1 N–H and O–H groups in total. The summed E-state index contributed by atoms with van der Waals surface area (Å²) in [7, 11) is 6.09. The standard InChI is InChI=1S/C39H41NO10/c1-8-9-35(41)49-30-13-12-28-26(20-33(30)46-6)27(21-37(43)48-28)38(24-10-11-29(31(18-24)44-4)50-36(42)16-22(2)3)39-25-19-34(47-7)32(45-5)17-23(25)14-15-40-39/h10-11,13-15,17-22,40H,8-9,12,16H2,1-7H3/b39-38-. The molecule has 0 saturated heterocycles. The highest BCUT2D eigenvalue weighted by atomic mass is 16.6. The summed E-state index contributed by atoms with van der Waals surface area (Å²) in [5, 5.41) is 3.39. The molecule has 1 aliphatic carbocycles. The van der Waals surface area contributed by atoms with Crippen molar-refractivity contribution in [3.8, 4) is 23.0 Å². The van der Waals surface area contributed by atoms with E-state index in [1.165, 1.54) is 20.3 Å². The van der Waals surface area contributed by atoms with Crippen LogP contribution in [0.25, 0.3) is 23.4 Å². The molecule has 0 saturated carbocycles. The Kier molecular flexibility index (Phi) is 11.2. The normalized spacial score (nSPS) is 14.2. The molecular formula is C39H41NO10. The molecule has 2 heterocycles. The van der Waals surface area contributed by atoms with E-state index in [1.54, 1.807) is 50.8 Å². The second-order valence-corrected chi connectivity index (χ2v) is 12.0. The average molecular weight is 684 g/mol. The molecule has 2 aliphatic rings. The summed E-state index contributed by atoms with van der Waals surface area (Å²) in [6.45, 7) is 5.76. The number of fused-ring (bicyclic) bond motifs is 2. The lowest BCUT2D eigenvalue weighted by Gasteiger charge is -2.24. The molecule has 0 amide bonds. The number of carbonyl (C=O) groups is 2. The van der Waals surface area contributed by atoms with E-state index in [9.17, 15) is 14.4 Å². The number of ether oxygens (including phenoxy) is 6. The summed E-state index contributed by atoms with van der Waals surface area (Å²) < 4.78 is 39.8. The molecule has 11 nitrogen and oxygen atoms in total.